The van der Waals surface area contributed by atoms with Crippen LogP contribution in [0.5, 0.6) is 0 Å². The maximum absolute atomic E-state index is 12.5. The summed E-state index contributed by atoms with van der Waals surface area (Å²) < 4.78 is 29.3. The molecule has 0 radical (unpaired) electrons. The number of nitrogens with one attached hydrogen (secondary N) is 1. The average molecular weight is 352 g/mol. The quantitative estimate of drug-likeness (QED) is 0.753. The first-order valence-electron chi connectivity index (χ1n) is 8.74. The van der Waals surface area contributed by atoms with Gasteiger partial charge in [0.1, 0.15) is 11.0 Å². The summed E-state index contributed by atoms with van der Waals surface area (Å²) in [5.41, 5.74) is -4.06. The standard InChI is InChI=1S/C17H19NO7/c1-16(2,3)25-15(24)18-12(19)11-8-17(11,14(22)23)10-6-4-9(5-7-10)13(20)21/h4-7,11H,8H2,1-3H3,(H,20,21)(H,22,23)(H,18,19,24)/t11-,17-/m1/s1/i8D2,11D. The fraction of sp³-hybridized carbons (Fsp3) is 0.412. The lowest BCUT2D eigenvalue weighted by Crippen LogP contribution is -2.39. The Bertz CT molecular complexity index is 862. The molecule has 0 saturated heterocycles. The van der Waals surface area contributed by atoms with Crippen molar-refractivity contribution in [3.05, 3.63) is 35.4 Å². The highest BCUT2D eigenvalue weighted by atomic mass is 16.6. The van der Waals surface area contributed by atoms with E-state index in [1.165, 1.54) is 20.8 Å². The van der Waals surface area contributed by atoms with Gasteiger partial charge in [-0.15, -0.1) is 0 Å². The summed E-state index contributed by atoms with van der Waals surface area (Å²) in [7, 11) is 0. The van der Waals surface area contributed by atoms with Gasteiger partial charge in [0.2, 0.25) is 5.91 Å². The zero-order valence-electron chi connectivity index (χ0n) is 16.7. The van der Waals surface area contributed by atoms with E-state index in [0.29, 0.717) is 0 Å². The molecule has 2 atom stereocenters. The molecule has 1 fully saturated rings. The third-order valence-electron chi connectivity index (χ3n) is 3.35. The van der Waals surface area contributed by atoms with Crippen LogP contribution < -0.4 is 5.32 Å². The molecule has 0 heterocycles. The maximum Gasteiger partial charge on any atom is 0.414 e. The van der Waals surface area contributed by atoms with E-state index in [2.05, 4.69) is 0 Å². The van der Waals surface area contributed by atoms with E-state index >= 15 is 0 Å². The molecule has 0 aromatic heterocycles. The lowest BCUT2D eigenvalue weighted by atomic mass is 9.92. The molecule has 2 amide bonds. The highest BCUT2D eigenvalue weighted by molar-refractivity contribution is 6.02. The molecule has 0 aliphatic heterocycles. The summed E-state index contributed by atoms with van der Waals surface area (Å²) >= 11 is 0. The maximum atomic E-state index is 12.5. The van der Waals surface area contributed by atoms with Gasteiger partial charge in [0.15, 0.2) is 0 Å². The lowest BCUT2D eigenvalue weighted by Gasteiger charge is -2.19. The summed E-state index contributed by atoms with van der Waals surface area (Å²) in [5.74, 6) is -7.44. The van der Waals surface area contributed by atoms with Crippen LogP contribution in [-0.2, 0) is 19.7 Å². The Balaban J connectivity index is 2.45. The van der Waals surface area contributed by atoms with Gasteiger partial charge in [-0.05, 0) is 44.8 Å². The minimum Gasteiger partial charge on any atom is -0.481 e. The van der Waals surface area contributed by atoms with Gasteiger partial charge in [0.05, 0.1) is 11.5 Å². The SMILES string of the molecule is [2H]C1([2H])[C@]([2H])(C(=O)NC(=O)OC(C)(C)C)[C@]1(C(=O)O)c1ccc(C(=O)O)cc1. The average Bonchev–Trinajstić information content (AvgIpc) is 2.95. The van der Waals surface area contributed by atoms with Crippen LogP contribution in [0.25, 0.3) is 0 Å². The van der Waals surface area contributed by atoms with Gasteiger partial charge < -0.3 is 14.9 Å². The predicted molar refractivity (Wildman–Crippen MR) is 85.2 cm³/mol. The van der Waals surface area contributed by atoms with E-state index in [1.54, 1.807) is 5.32 Å². The third kappa shape index (κ3) is 3.78. The lowest BCUT2D eigenvalue weighted by molar-refractivity contribution is -0.141. The van der Waals surface area contributed by atoms with Gasteiger partial charge in [-0.1, -0.05) is 12.1 Å². The highest BCUT2D eigenvalue weighted by Crippen LogP contribution is 2.54. The number of aromatic carboxylic acids is 1. The van der Waals surface area contributed by atoms with Crippen molar-refractivity contribution in [2.75, 3.05) is 0 Å². The number of carboxylic acid groups (broad SMARTS) is 2. The van der Waals surface area contributed by atoms with E-state index in [9.17, 15) is 24.3 Å². The van der Waals surface area contributed by atoms with Crippen molar-refractivity contribution in [1.29, 1.82) is 0 Å². The molecule has 0 unspecified atom stereocenters. The Kier molecular flexibility index (Phi) is 3.58. The number of aliphatic carboxylic acids is 1. The molecule has 2 rings (SSSR count). The molecular weight excluding hydrogens is 330 g/mol. The molecule has 3 N–H and O–H groups in total. The van der Waals surface area contributed by atoms with Crippen LogP contribution in [-0.4, -0.2) is 39.8 Å². The molecule has 1 aromatic rings. The molecule has 1 aliphatic carbocycles. The first-order valence-corrected chi connectivity index (χ1v) is 7.24. The summed E-state index contributed by atoms with van der Waals surface area (Å²) in [6.07, 6.45) is -4.13. The van der Waals surface area contributed by atoms with E-state index in [0.717, 1.165) is 24.3 Å². The molecule has 0 bridgehead atoms. The normalized spacial score (nSPS) is 28.7. The number of amides is 2. The fourth-order valence-corrected chi connectivity index (χ4v) is 2.21. The molecule has 134 valence electrons. The van der Waals surface area contributed by atoms with E-state index in [-0.39, 0.29) is 11.1 Å². The van der Waals surface area contributed by atoms with E-state index in [4.69, 9.17) is 14.0 Å². The molecule has 1 saturated carbocycles. The zero-order chi connectivity index (χ0) is 21.7. The molecular formula is C17H19NO7. The van der Waals surface area contributed by atoms with Crippen molar-refractivity contribution in [2.45, 2.75) is 38.2 Å². The minimum atomic E-state index is -2.89. The number of carbonyl (C=O) groups excluding carboxylic acids is 2. The monoisotopic (exact) mass is 352 g/mol. The van der Waals surface area contributed by atoms with Gasteiger partial charge >= 0.3 is 18.0 Å². The second-order valence-electron chi connectivity index (χ2n) is 6.39. The van der Waals surface area contributed by atoms with Gasteiger partial charge in [-0.3, -0.25) is 14.9 Å². The van der Waals surface area contributed by atoms with E-state index < -0.39 is 47.2 Å². The number of carbonyl (C=O) groups is 4. The molecule has 0 spiro atoms. The number of hydrogen-bond donors (Lipinski definition) is 3. The van der Waals surface area contributed by atoms with Crippen molar-refractivity contribution >= 4 is 23.9 Å². The van der Waals surface area contributed by atoms with Crippen molar-refractivity contribution in [3.8, 4) is 0 Å². The molecule has 8 nitrogen and oxygen atoms in total. The van der Waals surface area contributed by atoms with Crippen molar-refractivity contribution in [3.63, 3.8) is 0 Å². The number of alkyl carbamates (subject to hydrolysis) is 1. The van der Waals surface area contributed by atoms with Gasteiger partial charge in [0, 0.05) is 4.11 Å². The van der Waals surface area contributed by atoms with Gasteiger partial charge in [-0.25, -0.2) is 9.59 Å². The Labute approximate surface area is 148 Å². The Hall–Kier alpha value is -2.90. The van der Waals surface area contributed by atoms with Gasteiger partial charge in [0.25, 0.3) is 0 Å². The Morgan fingerprint density at radius 1 is 1.24 bits per heavy atom. The second-order valence-corrected chi connectivity index (χ2v) is 6.39. The Morgan fingerprint density at radius 2 is 1.80 bits per heavy atom. The number of ether oxygens (including phenoxy) is 1. The van der Waals surface area contributed by atoms with Crippen LogP contribution in [0.1, 0.15) is 47.2 Å². The van der Waals surface area contributed by atoms with Crippen LogP contribution in [0.3, 0.4) is 0 Å². The minimum absolute atomic E-state index is 0.181. The summed E-state index contributed by atoms with van der Waals surface area (Å²) in [6, 6.07) is 4.16. The molecule has 8 heteroatoms. The number of rotatable bonds is 4. The number of benzene rings is 1. The zero-order valence-corrected chi connectivity index (χ0v) is 13.7. The fourth-order valence-electron chi connectivity index (χ4n) is 2.21. The van der Waals surface area contributed by atoms with Crippen molar-refractivity contribution in [1.82, 2.24) is 5.32 Å². The predicted octanol–water partition coefficient (Wildman–Crippen LogP) is 1.78. The smallest absolute Gasteiger partial charge is 0.414 e. The van der Waals surface area contributed by atoms with Crippen LogP contribution in [0.4, 0.5) is 4.79 Å². The molecule has 1 aromatic carbocycles. The first kappa shape index (κ1) is 14.4. The summed E-state index contributed by atoms with van der Waals surface area (Å²) in [4.78, 5) is 47.3. The van der Waals surface area contributed by atoms with Crippen LogP contribution >= 0.6 is 0 Å². The second kappa shape index (κ2) is 6.19. The van der Waals surface area contributed by atoms with Gasteiger partial charge in [-0.2, -0.15) is 0 Å². The van der Waals surface area contributed by atoms with Crippen molar-refractivity contribution in [2.24, 2.45) is 5.89 Å². The molecule has 1 aliphatic rings. The number of hydrogen-bond acceptors (Lipinski definition) is 5. The van der Waals surface area contributed by atoms with Crippen LogP contribution in [0.2, 0.25) is 0 Å². The first-order chi connectivity index (χ1) is 12.6. The van der Waals surface area contributed by atoms with Crippen LogP contribution in [0.15, 0.2) is 24.3 Å². The third-order valence-corrected chi connectivity index (χ3v) is 3.35. The Morgan fingerprint density at radius 3 is 2.24 bits per heavy atom. The van der Waals surface area contributed by atoms with Crippen LogP contribution in [0, 0.1) is 5.89 Å². The number of carboxylic acids is 2. The topological polar surface area (TPSA) is 130 Å². The summed E-state index contributed by atoms with van der Waals surface area (Å²) in [5, 5.41) is 20.4. The highest BCUT2D eigenvalue weighted by Gasteiger charge is 2.65. The largest absolute Gasteiger partial charge is 0.481 e. The summed E-state index contributed by atoms with van der Waals surface area (Å²) in [6.45, 7) is 4.57. The molecule has 25 heavy (non-hydrogen) atoms. The van der Waals surface area contributed by atoms with E-state index in [1.807, 2.05) is 0 Å². The number of imide groups is 1. The van der Waals surface area contributed by atoms with Crippen molar-refractivity contribution < 1.29 is 38.2 Å².